The molecule has 9 heteroatoms. The second-order valence-corrected chi connectivity index (χ2v) is 8.09. The number of rotatable bonds is 5. The van der Waals surface area contributed by atoms with Crippen molar-refractivity contribution in [2.75, 3.05) is 14.1 Å². The van der Waals surface area contributed by atoms with E-state index in [1.54, 1.807) is 37.2 Å². The molecule has 0 atom stereocenters. The van der Waals surface area contributed by atoms with Crippen LogP contribution in [-0.2, 0) is 10.0 Å². The zero-order chi connectivity index (χ0) is 18.7. The van der Waals surface area contributed by atoms with E-state index in [1.165, 1.54) is 12.4 Å². The number of nitrogens with zero attached hydrogens (tertiary/aromatic N) is 4. The molecule has 0 fully saturated rings. The first-order chi connectivity index (χ1) is 12.4. The van der Waals surface area contributed by atoms with E-state index in [4.69, 9.17) is 4.42 Å². The standard InChI is InChI=1S/C17H15BrN4O3S/c1-22(2)11-19-26(23,24)15-6-4-3-5-14(15)17-21-20-16(25-17)12-7-9-13(18)10-8-12/h3-11H,1-2H3/b19-11+. The van der Waals surface area contributed by atoms with Crippen molar-refractivity contribution in [1.82, 2.24) is 15.1 Å². The lowest BCUT2D eigenvalue weighted by molar-refractivity contribution is 0.578. The fourth-order valence-electron chi connectivity index (χ4n) is 2.12. The highest BCUT2D eigenvalue weighted by atomic mass is 79.9. The van der Waals surface area contributed by atoms with Crippen molar-refractivity contribution in [3.8, 4) is 22.9 Å². The zero-order valence-electron chi connectivity index (χ0n) is 14.0. The van der Waals surface area contributed by atoms with Crippen LogP contribution < -0.4 is 0 Å². The van der Waals surface area contributed by atoms with Crippen molar-refractivity contribution in [1.29, 1.82) is 0 Å². The second kappa shape index (κ2) is 7.38. The number of halogens is 1. The summed E-state index contributed by atoms with van der Waals surface area (Å²) in [4.78, 5) is 1.54. The van der Waals surface area contributed by atoms with Crippen LogP contribution in [0.3, 0.4) is 0 Å². The molecule has 3 aromatic rings. The molecule has 0 saturated carbocycles. The van der Waals surface area contributed by atoms with Crippen molar-refractivity contribution in [2.45, 2.75) is 4.90 Å². The average molecular weight is 435 g/mol. The van der Waals surface area contributed by atoms with Crippen molar-refractivity contribution in [2.24, 2.45) is 4.40 Å². The first-order valence-electron chi connectivity index (χ1n) is 7.52. The molecule has 0 aliphatic rings. The molecule has 3 rings (SSSR count). The predicted octanol–water partition coefficient (Wildman–Crippen LogP) is 3.44. The summed E-state index contributed by atoms with van der Waals surface area (Å²) < 4.78 is 35.3. The molecule has 134 valence electrons. The first-order valence-corrected chi connectivity index (χ1v) is 9.76. The van der Waals surface area contributed by atoms with Crippen LogP contribution in [0.25, 0.3) is 22.9 Å². The molecule has 0 N–H and O–H groups in total. The molecule has 2 aromatic carbocycles. The van der Waals surface area contributed by atoms with E-state index in [-0.39, 0.29) is 10.8 Å². The minimum absolute atomic E-state index is 0.00380. The average Bonchev–Trinajstić information content (AvgIpc) is 3.11. The van der Waals surface area contributed by atoms with Crippen molar-refractivity contribution in [3.63, 3.8) is 0 Å². The van der Waals surface area contributed by atoms with Crippen LogP contribution in [0.5, 0.6) is 0 Å². The first kappa shape index (κ1) is 18.3. The Kier molecular flexibility index (Phi) is 5.19. The van der Waals surface area contributed by atoms with E-state index in [1.807, 2.05) is 24.3 Å². The van der Waals surface area contributed by atoms with Gasteiger partial charge in [0.1, 0.15) is 11.2 Å². The van der Waals surface area contributed by atoms with Crippen molar-refractivity contribution < 1.29 is 12.8 Å². The van der Waals surface area contributed by atoms with Crippen LogP contribution in [0.4, 0.5) is 0 Å². The van der Waals surface area contributed by atoms with Gasteiger partial charge in [0.2, 0.25) is 11.8 Å². The largest absolute Gasteiger partial charge is 0.416 e. The maximum atomic E-state index is 12.5. The Labute approximate surface area is 159 Å². The third-order valence-corrected chi connectivity index (χ3v) is 5.14. The van der Waals surface area contributed by atoms with Gasteiger partial charge in [0.05, 0.1) is 5.56 Å². The molecule has 0 spiro atoms. The molecular formula is C17H15BrN4O3S. The van der Waals surface area contributed by atoms with E-state index >= 15 is 0 Å². The van der Waals surface area contributed by atoms with E-state index < -0.39 is 10.0 Å². The topological polar surface area (TPSA) is 88.7 Å². The number of hydrogen-bond donors (Lipinski definition) is 0. The van der Waals surface area contributed by atoms with Crippen molar-refractivity contribution in [3.05, 3.63) is 53.0 Å². The summed E-state index contributed by atoms with van der Waals surface area (Å²) in [7, 11) is -0.526. The smallest absolute Gasteiger partial charge is 0.284 e. The molecule has 0 amide bonds. The minimum Gasteiger partial charge on any atom is -0.416 e. The van der Waals surface area contributed by atoms with Gasteiger partial charge in [0.25, 0.3) is 10.0 Å². The minimum atomic E-state index is -3.90. The van der Waals surface area contributed by atoms with E-state index in [2.05, 4.69) is 30.5 Å². The van der Waals surface area contributed by atoms with Gasteiger partial charge in [-0.3, -0.25) is 0 Å². The molecule has 0 aliphatic heterocycles. The summed E-state index contributed by atoms with van der Waals surface area (Å²) in [5, 5.41) is 8.02. The second-order valence-electron chi connectivity index (χ2n) is 5.57. The normalized spacial score (nSPS) is 11.8. The molecular weight excluding hydrogens is 420 g/mol. The lowest BCUT2D eigenvalue weighted by atomic mass is 10.2. The maximum absolute atomic E-state index is 12.5. The summed E-state index contributed by atoms with van der Waals surface area (Å²) in [5.41, 5.74) is 1.04. The molecule has 0 aliphatic carbocycles. The van der Waals surface area contributed by atoms with E-state index in [0.717, 1.165) is 10.0 Å². The van der Waals surface area contributed by atoms with Crippen LogP contribution in [0, 0.1) is 0 Å². The van der Waals surface area contributed by atoms with Crippen LogP contribution in [-0.4, -0.2) is 43.9 Å². The molecule has 0 unspecified atom stereocenters. The van der Waals surface area contributed by atoms with Crippen LogP contribution >= 0.6 is 15.9 Å². The molecule has 7 nitrogen and oxygen atoms in total. The van der Waals surface area contributed by atoms with E-state index in [9.17, 15) is 8.42 Å². The van der Waals surface area contributed by atoms with Gasteiger partial charge in [-0.25, -0.2) is 0 Å². The lowest BCUT2D eigenvalue weighted by Crippen LogP contribution is -2.10. The Hall–Kier alpha value is -2.52. The monoisotopic (exact) mass is 434 g/mol. The maximum Gasteiger partial charge on any atom is 0.284 e. The van der Waals surface area contributed by atoms with Crippen LogP contribution in [0.15, 0.2) is 66.7 Å². The summed E-state index contributed by atoms with van der Waals surface area (Å²) in [5.74, 6) is 0.415. The van der Waals surface area contributed by atoms with Gasteiger partial charge in [-0.2, -0.15) is 8.42 Å². The van der Waals surface area contributed by atoms with Gasteiger partial charge in [-0.1, -0.05) is 28.1 Å². The number of hydrogen-bond acceptors (Lipinski definition) is 5. The highest BCUT2D eigenvalue weighted by Gasteiger charge is 2.21. The SMILES string of the molecule is CN(C)/C=N/S(=O)(=O)c1ccccc1-c1nnc(-c2ccc(Br)cc2)o1. The van der Waals surface area contributed by atoms with Gasteiger partial charge in [0.15, 0.2) is 0 Å². The van der Waals surface area contributed by atoms with Gasteiger partial charge < -0.3 is 9.32 Å². The van der Waals surface area contributed by atoms with Gasteiger partial charge >= 0.3 is 0 Å². The zero-order valence-corrected chi connectivity index (χ0v) is 16.4. The lowest BCUT2D eigenvalue weighted by Gasteiger charge is -2.06. The summed E-state index contributed by atoms with van der Waals surface area (Å²) >= 11 is 3.37. The summed E-state index contributed by atoms with van der Waals surface area (Å²) in [6, 6.07) is 13.7. The Morgan fingerprint density at radius 1 is 1.04 bits per heavy atom. The Balaban J connectivity index is 2.03. The van der Waals surface area contributed by atoms with Crippen LogP contribution in [0.1, 0.15) is 0 Å². The van der Waals surface area contributed by atoms with Crippen molar-refractivity contribution >= 4 is 32.3 Å². The molecule has 0 radical (unpaired) electrons. The molecule has 26 heavy (non-hydrogen) atoms. The van der Waals surface area contributed by atoms with Gasteiger partial charge in [0, 0.05) is 24.1 Å². The Morgan fingerprint density at radius 2 is 1.69 bits per heavy atom. The molecule has 0 saturated heterocycles. The Morgan fingerprint density at radius 3 is 2.38 bits per heavy atom. The summed E-state index contributed by atoms with van der Waals surface area (Å²) in [6.07, 6.45) is 1.23. The quantitative estimate of drug-likeness (QED) is 0.451. The molecule has 0 bridgehead atoms. The molecule has 1 heterocycles. The van der Waals surface area contributed by atoms with Crippen LogP contribution in [0.2, 0.25) is 0 Å². The third kappa shape index (κ3) is 4.00. The number of benzene rings is 2. The van der Waals surface area contributed by atoms with Gasteiger partial charge in [-0.05, 0) is 36.4 Å². The van der Waals surface area contributed by atoms with Gasteiger partial charge in [-0.15, -0.1) is 14.6 Å². The summed E-state index contributed by atoms with van der Waals surface area (Å²) in [6.45, 7) is 0. The molecule has 1 aromatic heterocycles. The predicted molar refractivity (Wildman–Crippen MR) is 102 cm³/mol. The fourth-order valence-corrected chi connectivity index (χ4v) is 3.50. The van der Waals surface area contributed by atoms with E-state index in [0.29, 0.717) is 11.5 Å². The Bertz CT molecular complexity index is 1040. The fraction of sp³-hybridized carbons (Fsp3) is 0.118. The number of aromatic nitrogens is 2. The third-order valence-electron chi connectivity index (χ3n) is 3.33. The number of sulfonamides is 1. The highest BCUT2D eigenvalue weighted by Crippen LogP contribution is 2.30. The highest BCUT2D eigenvalue weighted by molar-refractivity contribution is 9.10.